The van der Waals surface area contributed by atoms with Gasteiger partial charge in [0.2, 0.25) is 0 Å². The molecule has 4 heteroatoms. The molecule has 0 aromatic carbocycles. The molecule has 0 aliphatic carbocycles. The van der Waals surface area contributed by atoms with Crippen LogP contribution in [-0.2, 0) is 13.5 Å². The quantitative estimate of drug-likeness (QED) is 0.855. The first kappa shape index (κ1) is 11.0. The molecule has 2 heterocycles. The van der Waals surface area contributed by atoms with Gasteiger partial charge in [-0.05, 0) is 25.2 Å². The van der Waals surface area contributed by atoms with E-state index in [1.54, 1.807) is 4.68 Å². The van der Waals surface area contributed by atoms with Gasteiger partial charge >= 0.3 is 0 Å². The molecule has 2 rings (SSSR count). The zero-order chi connectivity index (χ0) is 11.1. The molecule has 15 heavy (non-hydrogen) atoms. The molecule has 0 atom stereocenters. The molecule has 0 bridgehead atoms. The van der Waals surface area contributed by atoms with E-state index >= 15 is 0 Å². The number of aromatic nitrogens is 2. The Morgan fingerprint density at radius 3 is 2.53 bits per heavy atom. The smallest absolute Gasteiger partial charge is 0.130 e. The van der Waals surface area contributed by atoms with E-state index in [-0.39, 0.29) is 0 Å². The lowest BCUT2D eigenvalue weighted by Gasteiger charge is -2.42. The highest BCUT2D eigenvalue weighted by molar-refractivity contribution is 6.30. The number of aryl methyl sites for hydroxylation is 2. The zero-order valence-corrected chi connectivity index (χ0v) is 10.4. The van der Waals surface area contributed by atoms with Gasteiger partial charge in [-0.25, -0.2) is 0 Å². The van der Waals surface area contributed by atoms with Crippen LogP contribution in [0.2, 0.25) is 5.15 Å². The maximum absolute atomic E-state index is 6.24. The molecule has 1 aromatic heterocycles. The minimum atomic E-state index is 0.414. The van der Waals surface area contributed by atoms with Crippen LogP contribution < -0.4 is 5.32 Å². The van der Waals surface area contributed by atoms with Crippen molar-refractivity contribution in [2.24, 2.45) is 12.5 Å². The Balaban J connectivity index is 2.23. The Hall–Kier alpha value is -0.540. The third-order valence-corrected chi connectivity index (χ3v) is 4.04. The van der Waals surface area contributed by atoms with Crippen LogP contribution in [0, 0.1) is 12.3 Å². The summed E-state index contributed by atoms with van der Waals surface area (Å²) in [4.78, 5) is 0. The highest BCUT2D eigenvalue weighted by Crippen LogP contribution is 2.34. The van der Waals surface area contributed by atoms with Crippen molar-refractivity contribution in [1.82, 2.24) is 15.1 Å². The van der Waals surface area contributed by atoms with Gasteiger partial charge in [-0.15, -0.1) is 0 Å². The molecule has 3 nitrogen and oxygen atoms in total. The SMILES string of the molecule is CCC1(Cc2c(C)nn(C)c2Cl)CNC1. The van der Waals surface area contributed by atoms with Crippen molar-refractivity contribution >= 4 is 11.6 Å². The summed E-state index contributed by atoms with van der Waals surface area (Å²) in [7, 11) is 1.90. The van der Waals surface area contributed by atoms with E-state index in [0.29, 0.717) is 5.41 Å². The second kappa shape index (κ2) is 3.80. The molecule has 0 unspecified atom stereocenters. The zero-order valence-electron chi connectivity index (χ0n) is 9.60. The van der Waals surface area contributed by atoms with Gasteiger partial charge in [0.15, 0.2) is 0 Å². The molecule has 1 aliphatic heterocycles. The predicted octanol–water partition coefficient (Wildman–Crippen LogP) is 1.92. The summed E-state index contributed by atoms with van der Waals surface area (Å²) in [6.45, 7) is 6.50. The summed E-state index contributed by atoms with van der Waals surface area (Å²) in [5, 5.41) is 8.50. The van der Waals surface area contributed by atoms with Gasteiger partial charge < -0.3 is 5.32 Å². The molecule has 0 spiro atoms. The Labute approximate surface area is 95.8 Å². The Kier molecular flexibility index (Phi) is 2.77. The molecule has 1 saturated heterocycles. The average Bonchev–Trinajstić information content (AvgIpc) is 2.37. The third kappa shape index (κ3) is 1.79. The number of hydrogen-bond acceptors (Lipinski definition) is 2. The van der Waals surface area contributed by atoms with E-state index in [4.69, 9.17) is 11.6 Å². The van der Waals surface area contributed by atoms with Crippen LogP contribution in [0.4, 0.5) is 0 Å². The standard InChI is InChI=1S/C11H18ClN3/c1-4-11(6-13-7-11)5-9-8(2)14-15(3)10(9)12/h13H,4-7H2,1-3H3. The lowest BCUT2D eigenvalue weighted by atomic mass is 9.74. The molecule has 0 amide bonds. The number of rotatable bonds is 3. The van der Waals surface area contributed by atoms with Gasteiger partial charge in [0.25, 0.3) is 0 Å². The molecule has 1 aromatic rings. The van der Waals surface area contributed by atoms with Crippen molar-refractivity contribution in [1.29, 1.82) is 0 Å². The van der Waals surface area contributed by atoms with Gasteiger partial charge in [0.1, 0.15) is 5.15 Å². The molecular formula is C11H18ClN3. The summed E-state index contributed by atoms with van der Waals surface area (Å²) >= 11 is 6.24. The summed E-state index contributed by atoms with van der Waals surface area (Å²) in [6, 6.07) is 0. The first-order chi connectivity index (χ1) is 7.08. The summed E-state index contributed by atoms with van der Waals surface area (Å²) in [5.41, 5.74) is 2.71. The van der Waals surface area contributed by atoms with E-state index in [1.165, 1.54) is 12.0 Å². The van der Waals surface area contributed by atoms with Gasteiger partial charge in [0, 0.05) is 25.7 Å². The summed E-state index contributed by atoms with van der Waals surface area (Å²) in [5.74, 6) is 0. The highest BCUT2D eigenvalue weighted by atomic mass is 35.5. The Bertz CT molecular complexity index is 361. The van der Waals surface area contributed by atoms with Crippen LogP contribution in [-0.4, -0.2) is 22.9 Å². The second-order valence-electron chi connectivity index (χ2n) is 4.61. The lowest BCUT2D eigenvalue weighted by Crippen LogP contribution is -2.54. The highest BCUT2D eigenvalue weighted by Gasteiger charge is 2.36. The van der Waals surface area contributed by atoms with E-state index < -0.39 is 0 Å². The van der Waals surface area contributed by atoms with Crippen molar-refractivity contribution in [2.75, 3.05) is 13.1 Å². The summed E-state index contributed by atoms with van der Waals surface area (Å²) in [6.07, 6.45) is 2.25. The fourth-order valence-electron chi connectivity index (χ4n) is 2.23. The van der Waals surface area contributed by atoms with Crippen molar-refractivity contribution in [3.05, 3.63) is 16.4 Å². The van der Waals surface area contributed by atoms with E-state index in [9.17, 15) is 0 Å². The van der Waals surface area contributed by atoms with Crippen LogP contribution >= 0.6 is 11.6 Å². The number of hydrogen-bond donors (Lipinski definition) is 1. The Morgan fingerprint density at radius 1 is 1.53 bits per heavy atom. The third-order valence-electron chi connectivity index (χ3n) is 3.57. The second-order valence-corrected chi connectivity index (χ2v) is 4.97. The molecule has 1 N–H and O–H groups in total. The van der Waals surface area contributed by atoms with Gasteiger partial charge in [-0.3, -0.25) is 4.68 Å². The normalized spacial score (nSPS) is 18.9. The van der Waals surface area contributed by atoms with Gasteiger partial charge in [-0.1, -0.05) is 18.5 Å². The lowest BCUT2D eigenvalue weighted by molar-refractivity contribution is 0.160. The minimum Gasteiger partial charge on any atom is -0.316 e. The largest absolute Gasteiger partial charge is 0.316 e. The fraction of sp³-hybridized carbons (Fsp3) is 0.727. The van der Waals surface area contributed by atoms with Gasteiger partial charge in [-0.2, -0.15) is 5.10 Å². The van der Waals surface area contributed by atoms with E-state index in [0.717, 1.165) is 30.4 Å². The number of halogens is 1. The number of nitrogens with zero attached hydrogens (tertiary/aromatic N) is 2. The van der Waals surface area contributed by atoms with Crippen molar-refractivity contribution < 1.29 is 0 Å². The van der Waals surface area contributed by atoms with Crippen LogP contribution in [0.1, 0.15) is 24.6 Å². The van der Waals surface area contributed by atoms with Crippen LogP contribution in [0.15, 0.2) is 0 Å². The molecule has 84 valence electrons. The fourth-order valence-corrected chi connectivity index (χ4v) is 2.47. The summed E-state index contributed by atoms with van der Waals surface area (Å²) < 4.78 is 1.77. The molecule has 0 saturated carbocycles. The molecule has 1 aliphatic rings. The maximum atomic E-state index is 6.24. The van der Waals surface area contributed by atoms with Crippen molar-refractivity contribution in [3.8, 4) is 0 Å². The van der Waals surface area contributed by atoms with Crippen LogP contribution in [0.5, 0.6) is 0 Å². The molecular weight excluding hydrogens is 210 g/mol. The molecule has 0 radical (unpaired) electrons. The molecule has 1 fully saturated rings. The number of nitrogens with one attached hydrogen (secondary N) is 1. The average molecular weight is 228 g/mol. The topological polar surface area (TPSA) is 29.9 Å². The first-order valence-corrected chi connectivity index (χ1v) is 5.84. The van der Waals surface area contributed by atoms with Crippen molar-refractivity contribution in [2.45, 2.75) is 26.7 Å². The minimum absolute atomic E-state index is 0.414. The monoisotopic (exact) mass is 227 g/mol. The van der Waals surface area contributed by atoms with Crippen LogP contribution in [0.3, 0.4) is 0 Å². The maximum Gasteiger partial charge on any atom is 0.130 e. The first-order valence-electron chi connectivity index (χ1n) is 5.47. The predicted molar refractivity (Wildman–Crippen MR) is 62.3 cm³/mol. The van der Waals surface area contributed by atoms with Crippen molar-refractivity contribution in [3.63, 3.8) is 0 Å². The van der Waals surface area contributed by atoms with Gasteiger partial charge in [0.05, 0.1) is 5.69 Å². The van der Waals surface area contributed by atoms with E-state index in [2.05, 4.69) is 17.3 Å². The Morgan fingerprint density at radius 2 is 2.20 bits per heavy atom. The van der Waals surface area contributed by atoms with E-state index in [1.807, 2.05) is 14.0 Å². The van der Waals surface area contributed by atoms with Crippen LogP contribution in [0.25, 0.3) is 0 Å².